The molecule has 0 aliphatic heterocycles. The Kier molecular flexibility index (Phi) is 2.74. The SMILES string of the molecule is CC1(C)CC1Cn1nnnc1-c1cc(F)c(F)cc1N. The Bertz CT molecular complexity index is 665. The first kappa shape index (κ1) is 13.0. The van der Waals surface area contributed by atoms with Gasteiger partial charge in [-0.3, -0.25) is 0 Å². The Morgan fingerprint density at radius 1 is 1.35 bits per heavy atom. The molecule has 1 atom stereocenters. The minimum Gasteiger partial charge on any atom is -0.398 e. The number of nitrogens with zero attached hydrogens (tertiary/aromatic N) is 4. The molecule has 20 heavy (non-hydrogen) atoms. The Morgan fingerprint density at radius 2 is 2.00 bits per heavy atom. The largest absolute Gasteiger partial charge is 0.398 e. The first-order valence-corrected chi connectivity index (χ1v) is 6.39. The molecule has 3 rings (SSSR count). The molecule has 1 aliphatic rings. The molecule has 0 bridgehead atoms. The van der Waals surface area contributed by atoms with E-state index in [1.165, 1.54) is 0 Å². The van der Waals surface area contributed by atoms with Gasteiger partial charge in [-0.15, -0.1) is 5.10 Å². The van der Waals surface area contributed by atoms with Crippen LogP contribution >= 0.6 is 0 Å². The van der Waals surface area contributed by atoms with Gasteiger partial charge in [0.1, 0.15) is 0 Å². The van der Waals surface area contributed by atoms with Crippen LogP contribution in [0.25, 0.3) is 11.4 Å². The summed E-state index contributed by atoms with van der Waals surface area (Å²) in [4.78, 5) is 0. The van der Waals surface area contributed by atoms with Gasteiger partial charge in [-0.1, -0.05) is 13.8 Å². The Morgan fingerprint density at radius 3 is 2.65 bits per heavy atom. The van der Waals surface area contributed by atoms with E-state index in [-0.39, 0.29) is 11.1 Å². The van der Waals surface area contributed by atoms with Crippen LogP contribution in [-0.2, 0) is 6.54 Å². The molecule has 0 radical (unpaired) electrons. The summed E-state index contributed by atoms with van der Waals surface area (Å²) < 4.78 is 28.1. The van der Waals surface area contributed by atoms with E-state index in [1.54, 1.807) is 4.68 Å². The zero-order valence-electron chi connectivity index (χ0n) is 11.3. The van der Waals surface area contributed by atoms with E-state index < -0.39 is 11.6 Å². The van der Waals surface area contributed by atoms with Gasteiger partial charge in [-0.05, 0) is 34.2 Å². The fraction of sp³-hybridized carbons (Fsp3) is 0.462. The van der Waals surface area contributed by atoms with E-state index in [0.29, 0.717) is 23.9 Å². The number of benzene rings is 1. The highest BCUT2D eigenvalue weighted by Gasteiger charge is 2.46. The van der Waals surface area contributed by atoms with Gasteiger partial charge in [-0.2, -0.15) is 0 Å². The Hall–Kier alpha value is -2.05. The molecule has 1 saturated carbocycles. The van der Waals surface area contributed by atoms with Crippen molar-refractivity contribution in [1.82, 2.24) is 20.2 Å². The quantitative estimate of drug-likeness (QED) is 0.875. The van der Waals surface area contributed by atoms with Gasteiger partial charge in [0.25, 0.3) is 0 Å². The monoisotopic (exact) mass is 279 g/mol. The predicted octanol–water partition coefficient (Wildman–Crippen LogP) is 2.25. The van der Waals surface area contributed by atoms with Crippen LogP contribution in [0.2, 0.25) is 0 Å². The molecular formula is C13H15F2N5. The van der Waals surface area contributed by atoms with E-state index in [0.717, 1.165) is 18.6 Å². The van der Waals surface area contributed by atoms with Crippen molar-refractivity contribution in [3.8, 4) is 11.4 Å². The zero-order valence-corrected chi connectivity index (χ0v) is 11.3. The third-order valence-electron chi connectivity index (χ3n) is 3.98. The van der Waals surface area contributed by atoms with Crippen molar-refractivity contribution in [2.75, 3.05) is 5.73 Å². The molecule has 1 aromatic heterocycles. The van der Waals surface area contributed by atoms with Crippen LogP contribution in [0.1, 0.15) is 20.3 Å². The van der Waals surface area contributed by atoms with Gasteiger partial charge in [0.2, 0.25) is 0 Å². The van der Waals surface area contributed by atoms with E-state index in [9.17, 15) is 8.78 Å². The summed E-state index contributed by atoms with van der Waals surface area (Å²) in [5.74, 6) is -1.09. The number of halogens is 2. The van der Waals surface area contributed by atoms with Crippen molar-refractivity contribution in [3.63, 3.8) is 0 Å². The van der Waals surface area contributed by atoms with Crippen LogP contribution in [0.15, 0.2) is 12.1 Å². The summed E-state index contributed by atoms with van der Waals surface area (Å²) in [6.45, 7) is 5.00. The molecule has 1 heterocycles. The summed E-state index contributed by atoms with van der Waals surface area (Å²) in [6, 6.07) is 1.98. The van der Waals surface area contributed by atoms with Crippen molar-refractivity contribution in [3.05, 3.63) is 23.8 Å². The Labute approximate surface area is 114 Å². The third-order valence-corrected chi connectivity index (χ3v) is 3.98. The molecule has 1 aromatic carbocycles. The summed E-state index contributed by atoms with van der Waals surface area (Å²) in [5, 5.41) is 11.4. The summed E-state index contributed by atoms with van der Waals surface area (Å²) >= 11 is 0. The van der Waals surface area contributed by atoms with E-state index >= 15 is 0 Å². The molecule has 1 fully saturated rings. The number of nitrogens with two attached hydrogens (primary N) is 1. The van der Waals surface area contributed by atoms with E-state index in [1.807, 2.05) is 0 Å². The van der Waals surface area contributed by atoms with Gasteiger partial charge >= 0.3 is 0 Å². The van der Waals surface area contributed by atoms with Crippen LogP contribution in [0.3, 0.4) is 0 Å². The number of anilines is 1. The lowest BCUT2D eigenvalue weighted by Gasteiger charge is -2.08. The molecule has 1 aliphatic carbocycles. The summed E-state index contributed by atoms with van der Waals surface area (Å²) in [7, 11) is 0. The second kappa shape index (κ2) is 4.22. The first-order valence-electron chi connectivity index (χ1n) is 6.39. The minimum absolute atomic E-state index is 0.120. The molecule has 0 spiro atoms. The van der Waals surface area contributed by atoms with Gasteiger partial charge in [0.05, 0.1) is 0 Å². The maximum atomic E-state index is 13.4. The van der Waals surface area contributed by atoms with E-state index in [4.69, 9.17) is 5.73 Å². The van der Waals surface area contributed by atoms with Gasteiger partial charge in [-0.25, -0.2) is 13.5 Å². The van der Waals surface area contributed by atoms with Gasteiger partial charge in [0.15, 0.2) is 17.5 Å². The zero-order chi connectivity index (χ0) is 14.5. The second-order valence-electron chi connectivity index (χ2n) is 5.93. The maximum absolute atomic E-state index is 13.4. The number of tetrazole rings is 1. The fourth-order valence-electron chi connectivity index (χ4n) is 2.37. The van der Waals surface area contributed by atoms with Crippen molar-refractivity contribution >= 4 is 5.69 Å². The minimum atomic E-state index is -0.978. The molecular weight excluding hydrogens is 264 g/mol. The Balaban J connectivity index is 1.95. The molecule has 2 aromatic rings. The third kappa shape index (κ3) is 2.13. The van der Waals surface area contributed by atoms with Gasteiger partial charge < -0.3 is 5.73 Å². The maximum Gasteiger partial charge on any atom is 0.184 e. The average Bonchev–Trinajstić information content (AvgIpc) is 2.77. The van der Waals surface area contributed by atoms with Crippen molar-refractivity contribution in [1.29, 1.82) is 0 Å². The van der Waals surface area contributed by atoms with Crippen molar-refractivity contribution in [2.24, 2.45) is 11.3 Å². The lowest BCUT2D eigenvalue weighted by atomic mass is 10.1. The summed E-state index contributed by atoms with van der Waals surface area (Å²) in [6.07, 6.45) is 1.10. The number of hydrogen-bond donors (Lipinski definition) is 1. The highest BCUT2D eigenvalue weighted by atomic mass is 19.2. The smallest absolute Gasteiger partial charge is 0.184 e. The molecule has 0 saturated heterocycles. The van der Waals surface area contributed by atoms with Crippen LogP contribution in [0.5, 0.6) is 0 Å². The van der Waals surface area contributed by atoms with Crippen LogP contribution in [0, 0.1) is 23.0 Å². The number of aromatic nitrogens is 4. The molecule has 0 amide bonds. The molecule has 2 N–H and O–H groups in total. The number of nitrogen functional groups attached to an aromatic ring is 1. The van der Waals surface area contributed by atoms with Crippen molar-refractivity contribution in [2.45, 2.75) is 26.8 Å². The normalized spacial score (nSPS) is 20.1. The molecule has 7 heteroatoms. The average molecular weight is 279 g/mol. The van der Waals surface area contributed by atoms with Crippen LogP contribution < -0.4 is 5.73 Å². The number of rotatable bonds is 3. The predicted molar refractivity (Wildman–Crippen MR) is 69.5 cm³/mol. The van der Waals surface area contributed by atoms with E-state index in [2.05, 4.69) is 29.4 Å². The standard InChI is InChI=1S/C13H15F2N5/c1-13(2)5-7(13)6-20-12(17-18-19-20)8-3-9(14)10(15)4-11(8)16/h3-4,7H,5-6,16H2,1-2H3. The molecule has 1 unspecified atom stereocenters. The molecule has 5 nitrogen and oxygen atoms in total. The lowest BCUT2D eigenvalue weighted by molar-refractivity contribution is 0.466. The summed E-state index contributed by atoms with van der Waals surface area (Å²) in [5.41, 5.74) is 6.45. The van der Waals surface area contributed by atoms with Crippen LogP contribution in [-0.4, -0.2) is 20.2 Å². The number of hydrogen-bond acceptors (Lipinski definition) is 4. The second-order valence-corrected chi connectivity index (χ2v) is 5.93. The fourth-order valence-corrected chi connectivity index (χ4v) is 2.37. The van der Waals surface area contributed by atoms with Gasteiger partial charge in [0, 0.05) is 23.9 Å². The highest BCUT2D eigenvalue weighted by molar-refractivity contribution is 5.71. The lowest BCUT2D eigenvalue weighted by Crippen LogP contribution is -2.08. The topological polar surface area (TPSA) is 69.6 Å². The molecule has 106 valence electrons. The van der Waals surface area contributed by atoms with Crippen LogP contribution in [0.4, 0.5) is 14.5 Å². The first-order chi connectivity index (χ1) is 9.38. The highest BCUT2D eigenvalue weighted by Crippen LogP contribution is 2.52. The van der Waals surface area contributed by atoms with Crippen molar-refractivity contribution < 1.29 is 8.78 Å².